The Hall–Kier alpha value is -3.39. The number of aryl methyl sites for hydroxylation is 2. The van der Waals surface area contributed by atoms with E-state index in [0.29, 0.717) is 23.8 Å². The minimum absolute atomic E-state index is 0.605. The molecule has 0 fully saturated rings. The van der Waals surface area contributed by atoms with E-state index in [2.05, 4.69) is 45.7 Å². The van der Waals surface area contributed by atoms with Crippen LogP contribution in [0.2, 0.25) is 0 Å². The van der Waals surface area contributed by atoms with Crippen LogP contribution >= 0.6 is 0 Å². The van der Waals surface area contributed by atoms with Crippen LogP contribution in [0.4, 0.5) is 17.3 Å². The van der Waals surface area contributed by atoms with Gasteiger partial charge in [-0.25, -0.2) is 9.97 Å². The lowest BCUT2D eigenvalue weighted by Crippen LogP contribution is -2.06. The summed E-state index contributed by atoms with van der Waals surface area (Å²) in [7, 11) is 0. The topological polar surface area (TPSA) is 73.6 Å². The molecule has 25 heavy (non-hydrogen) atoms. The average Bonchev–Trinajstić information content (AvgIpc) is 2.61. The monoisotopic (exact) mass is 329 g/mol. The van der Waals surface area contributed by atoms with Gasteiger partial charge in [-0.1, -0.05) is 30.3 Å². The minimum Gasteiger partial charge on any atom is -0.366 e. The lowest BCUT2D eigenvalue weighted by Gasteiger charge is -2.11. The largest absolute Gasteiger partial charge is 0.366 e. The number of rotatable bonds is 5. The van der Waals surface area contributed by atoms with Crippen molar-refractivity contribution in [2.45, 2.75) is 20.4 Å². The van der Waals surface area contributed by atoms with Gasteiger partial charge >= 0.3 is 0 Å². The molecule has 1 heterocycles. The molecule has 0 aliphatic carbocycles. The molecule has 0 amide bonds. The highest BCUT2D eigenvalue weighted by Crippen LogP contribution is 2.19. The third kappa shape index (κ3) is 4.33. The lowest BCUT2D eigenvalue weighted by atomic mass is 10.1. The highest BCUT2D eigenvalue weighted by Gasteiger charge is 2.04. The van der Waals surface area contributed by atoms with E-state index in [1.54, 1.807) is 12.1 Å². The van der Waals surface area contributed by atoms with Crippen LogP contribution < -0.4 is 10.6 Å². The van der Waals surface area contributed by atoms with Crippen LogP contribution in [-0.2, 0) is 6.54 Å². The molecule has 0 radical (unpaired) electrons. The van der Waals surface area contributed by atoms with Crippen molar-refractivity contribution >= 4 is 17.3 Å². The van der Waals surface area contributed by atoms with E-state index >= 15 is 0 Å². The van der Waals surface area contributed by atoms with Crippen LogP contribution in [0.15, 0.2) is 54.6 Å². The van der Waals surface area contributed by atoms with Gasteiger partial charge in [-0.05, 0) is 43.2 Å². The first-order valence-corrected chi connectivity index (χ1v) is 8.05. The molecule has 5 heteroatoms. The van der Waals surface area contributed by atoms with Crippen molar-refractivity contribution in [1.29, 1.82) is 5.26 Å². The molecule has 2 N–H and O–H groups in total. The van der Waals surface area contributed by atoms with Gasteiger partial charge in [0.25, 0.3) is 0 Å². The molecule has 124 valence electrons. The number of hydrogen-bond acceptors (Lipinski definition) is 5. The number of nitriles is 1. The molecule has 1 aromatic heterocycles. The van der Waals surface area contributed by atoms with Crippen LogP contribution in [0.5, 0.6) is 0 Å². The summed E-state index contributed by atoms with van der Waals surface area (Å²) in [5.74, 6) is 2.12. The minimum atomic E-state index is 0.605. The fourth-order valence-electron chi connectivity index (χ4n) is 2.53. The Balaban J connectivity index is 1.76. The fourth-order valence-corrected chi connectivity index (χ4v) is 2.53. The van der Waals surface area contributed by atoms with Crippen molar-refractivity contribution in [3.05, 3.63) is 77.1 Å². The highest BCUT2D eigenvalue weighted by molar-refractivity contribution is 5.61. The normalized spacial score (nSPS) is 10.1. The predicted octanol–water partition coefficient (Wildman–Crippen LogP) is 4.32. The van der Waals surface area contributed by atoms with E-state index < -0.39 is 0 Å². The second kappa shape index (κ2) is 7.45. The zero-order valence-electron chi connectivity index (χ0n) is 14.2. The Morgan fingerprint density at radius 3 is 2.56 bits per heavy atom. The van der Waals surface area contributed by atoms with E-state index in [1.807, 2.05) is 37.3 Å². The summed E-state index contributed by atoms with van der Waals surface area (Å²) in [6.07, 6.45) is 0. The van der Waals surface area contributed by atoms with E-state index in [9.17, 15) is 0 Å². The Morgan fingerprint density at radius 1 is 0.960 bits per heavy atom. The van der Waals surface area contributed by atoms with Crippen molar-refractivity contribution in [2.75, 3.05) is 10.6 Å². The van der Waals surface area contributed by atoms with Gasteiger partial charge in [0.15, 0.2) is 0 Å². The van der Waals surface area contributed by atoms with Gasteiger partial charge in [0, 0.05) is 18.3 Å². The molecule has 3 aromatic rings. The van der Waals surface area contributed by atoms with Gasteiger partial charge in [0.2, 0.25) is 0 Å². The number of anilines is 3. The van der Waals surface area contributed by atoms with Gasteiger partial charge in [-0.15, -0.1) is 0 Å². The quantitative estimate of drug-likeness (QED) is 0.729. The second-order valence-corrected chi connectivity index (χ2v) is 5.78. The summed E-state index contributed by atoms with van der Waals surface area (Å²) in [4.78, 5) is 8.85. The predicted molar refractivity (Wildman–Crippen MR) is 99.7 cm³/mol. The molecule has 0 bridgehead atoms. The maximum atomic E-state index is 9.00. The molecule has 5 nitrogen and oxygen atoms in total. The van der Waals surface area contributed by atoms with Crippen LogP contribution in [0.25, 0.3) is 0 Å². The number of hydrogen-bond donors (Lipinski definition) is 2. The fraction of sp³-hybridized carbons (Fsp3) is 0.150. The van der Waals surface area contributed by atoms with Gasteiger partial charge < -0.3 is 10.6 Å². The van der Waals surface area contributed by atoms with Crippen molar-refractivity contribution < 1.29 is 0 Å². The summed E-state index contributed by atoms with van der Waals surface area (Å²) >= 11 is 0. The highest BCUT2D eigenvalue weighted by atomic mass is 15.1. The molecule has 0 unspecified atom stereocenters. The Kier molecular flexibility index (Phi) is 4.91. The van der Waals surface area contributed by atoms with Crippen LogP contribution in [0, 0.1) is 25.2 Å². The summed E-state index contributed by atoms with van der Waals surface area (Å²) < 4.78 is 0. The van der Waals surface area contributed by atoms with Crippen molar-refractivity contribution in [1.82, 2.24) is 9.97 Å². The Bertz CT molecular complexity index is 927. The molecule has 0 saturated heterocycles. The third-order valence-electron chi connectivity index (χ3n) is 3.82. The molecule has 3 rings (SSSR count). The van der Waals surface area contributed by atoms with Crippen LogP contribution in [-0.4, -0.2) is 9.97 Å². The number of nitrogens with one attached hydrogen (secondary N) is 2. The zero-order chi connectivity index (χ0) is 17.6. The summed E-state index contributed by atoms with van der Waals surface area (Å²) in [6, 6.07) is 19.6. The smallest absolute Gasteiger partial charge is 0.136 e. The first-order chi connectivity index (χ1) is 12.1. The summed E-state index contributed by atoms with van der Waals surface area (Å²) in [5.41, 5.74) is 3.90. The molecule has 0 atom stereocenters. The maximum Gasteiger partial charge on any atom is 0.136 e. The van der Waals surface area contributed by atoms with E-state index in [4.69, 9.17) is 5.26 Å². The van der Waals surface area contributed by atoms with Crippen molar-refractivity contribution in [3.8, 4) is 6.07 Å². The molecular weight excluding hydrogens is 310 g/mol. The van der Waals surface area contributed by atoms with Gasteiger partial charge in [-0.3, -0.25) is 0 Å². The lowest BCUT2D eigenvalue weighted by molar-refractivity contribution is 1.02. The van der Waals surface area contributed by atoms with Crippen molar-refractivity contribution in [3.63, 3.8) is 0 Å². The standard InChI is InChI=1S/C20H19N5/c1-14-6-3-4-8-17(14)13-22-19-11-20(24-15(2)23-19)25-18-9-5-7-16(10-18)12-21/h3-11H,13H2,1-2H3,(H2,22,23,24,25). The molecule has 2 aromatic carbocycles. The first kappa shape index (κ1) is 16.5. The van der Waals surface area contributed by atoms with Gasteiger partial charge in [0.05, 0.1) is 11.6 Å². The molecule has 0 aliphatic heterocycles. The molecule has 0 saturated carbocycles. The summed E-state index contributed by atoms with van der Waals surface area (Å²) in [5, 5.41) is 15.6. The number of benzene rings is 2. The van der Waals surface area contributed by atoms with E-state index in [-0.39, 0.29) is 0 Å². The zero-order valence-corrected chi connectivity index (χ0v) is 14.2. The SMILES string of the molecule is Cc1nc(NCc2ccccc2C)cc(Nc2cccc(C#N)c2)n1. The van der Waals surface area contributed by atoms with Gasteiger partial charge in [0.1, 0.15) is 17.5 Å². The molecule has 0 spiro atoms. The average molecular weight is 329 g/mol. The van der Waals surface area contributed by atoms with Gasteiger partial charge in [-0.2, -0.15) is 5.26 Å². The van der Waals surface area contributed by atoms with E-state index in [1.165, 1.54) is 11.1 Å². The number of aromatic nitrogens is 2. The second-order valence-electron chi connectivity index (χ2n) is 5.78. The first-order valence-electron chi connectivity index (χ1n) is 8.05. The summed E-state index contributed by atoms with van der Waals surface area (Å²) in [6.45, 7) is 4.65. The maximum absolute atomic E-state index is 9.00. The van der Waals surface area contributed by atoms with Crippen LogP contribution in [0.3, 0.4) is 0 Å². The van der Waals surface area contributed by atoms with E-state index in [0.717, 1.165) is 11.5 Å². The molecule has 0 aliphatic rings. The Labute approximate surface area is 147 Å². The third-order valence-corrected chi connectivity index (χ3v) is 3.82. The Morgan fingerprint density at radius 2 is 1.76 bits per heavy atom. The van der Waals surface area contributed by atoms with Crippen molar-refractivity contribution in [2.24, 2.45) is 0 Å². The number of nitrogens with zero attached hydrogens (tertiary/aromatic N) is 3. The molecular formula is C20H19N5. The van der Waals surface area contributed by atoms with Crippen LogP contribution in [0.1, 0.15) is 22.5 Å².